The molecule has 184 valence electrons. The Morgan fingerprint density at radius 1 is 1.14 bits per heavy atom. The van der Waals surface area contributed by atoms with Gasteiger partial charge in [-0.05, 0) is 43.9 Å². The largest absolute Gasteiger partial charge is 0.378 e. The minimum atomic E-state index is -0.271. The number of nitrogens with zero attached hydrogens (tertiary/aromatic N) is 4. The number of ether oxygens (including phenoxy) is 1. The van der Waals surface area contributed by atoms with E-state index in [1.54, 1.807) is 6.07 Å². The average Bonchev–Trinajstić information content (AvgIpc) is 3.62. The van der Waals surface area contributed by atoms with Gasteiger partial charge in [0.2, 0.25) is 5.95 Å². The number of carbonyl (C=O) groups excluding carboxylic acids is 1. The second-order valence-electron chi connectivity index (χ2n) is 9.19. The standard InChI is InChI=1S/C26H32N6O3/c1-3-4-18-5-9-20(10-6-18)28-24-17(2)22(29-26(30-24)32-11-13-34-14-12-32)16-27-25(33)21-15-23(35-31-21)19-7-8-19/h5-6,9-10,15,19H,3-4,7-8,11-14,16H2,1-2H3,(H,27,33)(H,28,29,30). The Kier molecular flexibility index (Phi) is 6.94. The molecule has 2 fully saturated rings. The number of aromatic nitrogens is 3. The molecular weight excluding hydrogens is 444 g/mol. The van der Waals surface area contributed by atoms with Crippen LogP contribution in [0.15, 0.2) is 34.9 Å². The summed E-state index contributed by atoms with van der Waals surface area (Å²) in [6.45, 7) is 7.14. The molecule has 3 heterocycles. The van der Waals surface area contributed by atoms with E-state index in [4.69, 9.17) is 19.2 Å². The fraction of sp³-hybridized carbons (Fsp3) is 0.462. The van der Waals surface area contributed by atoms with Crippen molar-refractivity contribution in [2.75, 3.05) is 36.5 Å². The molecule has 9 nitrogen and oxygen atoms in total. The first kappa shape index (κ1) is 23.3. The van der Waals surface area contributed by atoms with E-state index < -0.39 is 0 Å². The summed E-state index contributed by atoms with van der Waals surface area (Å²) in [4.78, 5) is 24.5. The molecule has 1 amide bonds. The molecule has 5 rings (SSSR count). The summed E-state index contributed by atoms with van der Waals surface area (Å²) < 4.78 is 10.8. The van der Waals surface area contributed by atoms with Crippen molar-refractivity contribution in [3.63, 3.8) is 0 Å². The number of anilines is 3. The highest BCUT2D eigenvalue weighted by atomic mass is 16.5. The Morgan fingerprint density at radius 2 is 1.91 bits per heavy atom. The predicted octanol–water partition coefficient (Wildman–Crippen LogP) is 4.11. The van der Waals surface area contributed by atoms with Gasteiger partial charge in [0.1, 0.15) is 11.6 Å². The molecule has 35 heavy (non-hydrogen) atoms. The van der Waals surface area contributed by atoms with Crippen molar-refractivity contribution < 1.29 is 14.1 Å². The average molecular weight is 477 g/mol. The molecule has 9 heteroatoms. The van der Waals surface area contributed by atoms with Crippen molar-refractivity contribution in [1.29, 1.82) is 0 Å². The Hall–Kier alpha value is -3.46. The molecule has 0 bridgehead atoms. The Balaban J connectivity index is 1.36. The number of hydrogen-bond acceptors (Lipinski definition) is 8. The van der Waals surface area contributed by atoms with Crippen LogP contribution >= 0.6 is 0 Å². The maximum atomic E-state index is 12.7. The first-order chi connectivity index (χ1) is 17.1. The van der Waals surface area contributed by atoms with Gasteiger partial charge < -0.3 is 24.8 Å². The molecule has 1 aromatic carbocycles. The van der Waals surface area contributed by atoms with Crippen LogP contribution in [-0.2, 0) is 17.7 Å². The van der Waals surface area contributed by atoms with Gasteiger partial charge in [0.25, 0.3) is 5.91 Å². The number of nitrogens with one attached hydrogen (secondary N) is 2. The van der Waals surface area contributed by atoms with E-state index in [-0.39, 0.29) is 12.5 Å². The van der Waals surface area contributed by atoms with E-state index in [1.807, 2.05) is 6.92 Å². The first-order valence-electron chi connectivity index (χ1n) is 12.4. The van der Waals surface area contributed by atoms with E-state index in [0.717, 1.165) is 67.3 Å². The van der Waals surface area contributed by atoms with E-state index >= 15 is 0 Å². The highest BCUT2D eigenvalue weighted by molar-refractivity contribution is 5.92. The monoisotopic (exact) mass is 476 g/mol. The lowest BCUT2D eigenvalue weighted by atomic mass is 10.1. The van der Waals surface area contributed by atoms with E-state index in [2.05, 4.69) is 51.9 Å². The molecule has 1 saturated heterocycles. The fourth-order valence-electron chi connectivity index (χ4n) is 4.14. The van der Waals surface area contributed by atoms with Gasteiger partial charge in [0.15, 0.2) is 5.69 Å². The zero-order valence-electron chi connectivity index (χ0n) is 20.3. The molecule has 3 aromatic rings. The summed E-state index contributed by atoms with van der Waals surface area (Å²) in [7, 11) is 0. The van der Waals surface area contributed by atoms with Crippen molar-refractivity contribution in [1.82, 2.24) is 20.4 Å². The maximum absolute atomic E-state index is 12.7. The van der Waals surface area contributed by atoms with E-state index in [9.17, 15) is 4.79 Å². The van der Waals surface area contributed by atoms with Gasteiger partial charge in [0.05, 0.1) is 25.5 Å². The molecule has 0 unspecified atom stereocenters. The third-order valence-electron chi connectivity index (χ3n) is 6.44. The van der Waals surface area contributed by atoms with Gasteiger partial charge in [0, 0.05) is 36.3 Å². The van der Waals surface area contributed by atoms with E-state index in [1.165, 1.54) is 5.56 Å². The van der Waals surface area contributed by atoms with Crippen LogP contribution in [0.25, 0.3) is 0 Å². The topological polar surface area (TPSA) is 105 Å². The molecule has 0 atom stereocenters. The first-order valence-corrected chi connectivity index (χ1v) is 12.4. The van der Waals surface area contributed by atoms with Crippen LogP contribution in [0, 0.1) is 6.92 Å². The normalized spacial score (nSPS) is 15.8. The minimum Gasteiger partial charge on any atom is -0.378 e. The highest BCUT2D eigenvalue weighted by Crippen LogP contribution is 2.40. The molecule has 1 aliphatic carbocycles. The smallest absolute Gasteiger partial charge is 0.273 e. The summed E-state index contributed by atoms with van der Waals surface area (Å²) in [5.74, 6) is 2.29. The van der Waals surface area contributed by atoms with Crippen molar-refractivity contribution in [3.8, 4) is 0 Å². The van der Waals surface area contributed by atoms with Crippen LogP contribution in [0.5, 0.6) is 0 Å². The lowest BCUT2D eigenvalue weighted by molar-refractivity contribution is 0.0941. The minimum absolute atomic E-state index is 0.264. The van der Waals surface area contributed by atoms with Crippen LogP contribution in [0.3, 0.4) is 0 Å². The lowest BCUT2D eigenvalue weighted by Crippen LogP contribution is -2.38. The van der Waals surface area contributed by atoms with Gasteiger partial charge in [-0.2, -0.15) is 4.98 Å². The summed E-state index contributed by atoms with van der Waals surface area (Å²) >= 11 is 0. The summed E-state index contributed by atoms with van der Waals surface area (Å²) in [6, 6.07) is 10.2. The van der Waals surface area contributed by atoms with Crippen molar-refractivity contribution >= 4 is 23.4 Å². The van der Waals surface area contributed by atoms with Gasteiger partial charge >= 0.3 is 0 Å². The van der Waals surface area contributed by atoms with Crippen LogP contribution in [0.2, 0.25) is 0 Å². The Bertz CT molecular complexity index is 1170. The molecule has 0 radical (unpaired) electrons. The zero-order valence-corrected chi connectivity index (χ0v) is 20.3. The van der Waals surface area contributed by atoms with Gasteiger partial charge in [-0.1, -0.05) is 30.6 Å². The van der Waals surface area contributed by atoms with Crippen molar-refractivity contribution in [3.05, 3.63) is 58.6 Å². The number of amides is 1. The van der Waals surface area contributed by atoms with Crippen LogP contribution < -0.4 is 15.5 Å². The molecule has 0 spiro atoms. The van der Waals surface area contributed by atoms with Gasteiger partial charge in [-0.3, -0.25) is 4.79 Å². The van der Waals surface area contributed by atoms with Crippen LogP contribution in [0.1, 0.15) is 65.2 Å². The second kappa shape index (κ2) is 10.4. The molecule has 2 aromatic heterocycles. The SMILES string of the molecule is CCCc1ccc(Nc2nc(N3CCOCC3)nc(CNC(=O)c3cc(C4CC4)on3)c2C)cc1. The Labute approximate surface area is 205 Å². The summed E-state index contributed by atoms with van der Waals surface area (Å²) in [6.07, 6.45) is 4.37. The molecule has 1 aliphatic heterocycles. The summed E-state index contributed by atoms with van der Waals surface area (Å²) in [5.41, 5.74) is 4.22. The number of rotatable bonds is 9. The third kappa shape index (κ3) is 5.62. The third-order valence-corrected chi connectivity index (χ3v) is 6.44. The number of carbonyl (C=O) groups is 1. The quantitative estimate of drug-likeness (QED) is 0.475. The van der Waals surface area contributed by atoms with Crippen LogP contribution in [0.4, 0.5) is 17.5 Å². The molecule has 2 N–H and O–H groups in total. The van der Waals surface area contributed by atoms with Crippen molar-refractivity contribution in [2.24, 2.45) is 0 Å². The van der Waals surface area contributed by atoms with Crippen molar-refractivity contribution in [2.45, 2.75) is 52.0 Å². The second-order valence-corrected chi connectivity index (χ2v) is 9.19. The number of benzene rings is 1. The molecule has 1 saturated carbocycles. The van der Waals surface area contributed by atoms with Gasteiger partial charge in [-0.15, -0.1) is 0 Å². The zero-order chi connectivity index (χ0) is 24.2. The maximum Gasteiger partial charge on any atom is 0.273 e. The molecular formula is C26H32N6O3. The molecule has 2 aliphatic rings. The summed E-state index contributed by atoms with van der Waals surface area (Å²) in [5, 5.41) is 10.3. The number of aryl methyl sites for hydroxylation is 1. The van der Waals surface area contributed by atoms with E-state index in [0.29, 0.717) is 30.8 Å². The Morgan fingerprint density at radius 3 is 2.63 bits per heavy atom. The van der Waals surface area contributed by atoms with Crippen LogP contribution in [-0.4, -0.2) is 47.3 Å². The van der Waals surface area contributed by atoms with Gasteiger partial charge in [-0.25, -0.2) is 4.98 Å². The number of morpholine rings is 1. The lowest BCUT2D eigenvalue weighted by Gasteiger charge is -2.28. The number of hydrogen-bond donors (Lipinski definition) is 2. The highest BCUT2D eigenvalue weighted by Gasteiger charge is 2.29. The fourth-order valence-corrected chi connectivity index (χ4v) is 4.14. The predicted molar refractivity (Wildman–Crippen MR) is 133 cm³/mol.